The lowest BCUT2D eigenvalue weighted by atomic mass is 10.2. The van der Waals surface area contributed by atoms with Gasteiger partial charge in [-0.25, -0.2) is 15.1 Å². The zero-order chi connectivity index (χ0) is 23.8. The summed E-state index contributed by atoms with van der Waals surface area (Å²) in [4.78, 5) is 16.0. The molecule has 0 aliphatic carbocycles. The van der Waals surface area contributed by atoms with Crippen LogP contribution in [0.25, 0.3) is 0 Å². The van der Waals surface area contributed by atoms with Gasteiger partial charge < -0.3 is 15.9 Å². The minimum atomic E-state index is -0.213. The summed E-state index contributed by atoms with van der Waals surface area (Å²) >= 11 is 5.96. The van der Waals surface area contributed by atoms with E-state index >= 15 is 0 Å². The Morgan fingerprint density at radius 1 is 1.26 bits per heavy atom. The molecule has 0 unspecified atom stereocenters. The van der Waals surface area contributed by atoms with Gasteiger partial charge in [-0.05, 0) is 29.8 Å². The second-order valence-electron chi connectivity index (χ2n) is 6.68. The van der Waals surface area contributed by atoms with Gasteiger partial charge >= 0.3 is 0 Å². The van der Waals surface area contributed by atoms with E-state index in [1.54, 1.807) is 17.8 Å². The van der Waals surface area contributed by atoms with Crippen LogP contribution in [0.2, 0.25) is 0 Å². The predicted octanol–water partition coefficient (Wildman–Crippen LogP) is 3.97. The molecule has 13 heteroatoms. The number of carbonyl (C=O) groups excluding carboxylic acids is 1. The summed E-state index contributed by atoms with van der Waals surface area (Å²) in [5.41, 5.74) is 4.59. The number of ether oxygens (including phenoxy) is 1. The van der Waals surface area contributed by atoms with Gasteiger partial charge in [0.2, 0.25) is 11.1 Å². The van der Waals surface area contributed by atoms with Crippen LogP contribution < -0.4 is 21.3 Å². The van der Waals surface area contributed by atoms with Gasteiger partial charge in [0.25, 0.3) is 5.95 Å². The van der Waals surface area contributed by atoms with Gasteiger partial charge in [0, 0.05) is 21.6 Å². The fourth-order valence-corrected chi connectivity index (χ4v) is 4.34. The van der Waals surface area contributed by atoms with Crippen LogP contribution in [0.1, 0.15) is 11.1 Å². The molecule has 0 bridgehead atoms. The molecule has 10 nitrogen and oxygen atoms in total. The van der Waals surface area contributed by atoms with Crippen LogP contribution in [0, 0.1) is 0 Å². The molecule has 174 valence electrons. The number of hydrogen-bond donors (Lipinski definition) is 3. The maximum atomic E-state index is 12.0. The first-order chi connectivity index (χ1) is 16.6. The van der Waals surface area contributed by atoms with E-state index in [1.807, 2.05) is 48.5 Å². The third-order valence-electron chi connectivity index (χ3n) is 4.25. The van der Waals surface area contributed by atoms with Crippen molar-refractivity contribution in [1.29, 1.82) is 0 Å². The van der Waals surface area contributed by atoms with Crippen molar-refractivity contribution in [2.45, 2.75) is 11.8 Å². The molecule has 0 fully saturated rings. The number of anilines is 2. The number of benzene rings is 2. The fraction of sp³-hybridized carbons (Fsp3) is 0.0952. The Hall–Kier alpha value is -3.42. The van der Waals surface area contributed by atoms with Gasteiger partial charge in [0.1, 0.15) is 12.4 Å². The number of nitrogens with one attached hydrogen (secondary N) is 2. The van der Waals surface area contributed by atoms with E-state index in [4.69, 9.17) is 10.6 Å². The molecule has 2 aromatic carbocycles. The Morgan fingerprint density at radius 2 is 2.15 bits per heavy atom. The summed E-state index contributed by atoms with van der Waals surface area (Å²) in [5, 5.41) is 17.5. The summed E-state index contributed by atoms with van der Waals surface area (Å²) in [7, 11) is 0. The number of nitrogen functional groups attached to an aromatic ring is 1. The third kappa shape index (κ3) is 6.56. The fourth-order valence-electron chi connectivity index (χ4n) is 2.69. The summed E-state index contributed by atoms with van der Waals surface area (Å²) < 4.78 is 8.18. The van der Waals surface area contributed by atoms with Gasteiger partial charge in [-0.2, -0.15) is 5.10 Å². The minimum Gasteiger partial charge on any atom is -0.488 e. The highest BCUT2D eigenvalue weighted by molar-refractivity contribution is 9.10. The highest BCUT2D eigenvalue weighted by atomic mass is 79.9. The van der Waals surface area contributed by atoms with Gasteiger partial charge in [-0.3, -0.25) is 4.79 Å². The predicted molar refractivity (Wildman–Crippen MR) is 138 cm³/mol. The molecule has 0 saturated heterocycles. The smallest absolute Gasteiger partial charge is 0.264 e. The maximum absolute atomic E-state index is 12.0. The zero-order valence-electron chi connectivity index (χ0n) is 17.6. The molecule has 34 heavy (non-hydrogen) atoms. The van der Waals surface area contributed by atoms with Gasteiger partial charge in [0.05, 0.1) is 12.0 Å². The maximum Gasteiger partial charge on any atom is 0.264 e. The highest BCUT2D eigenvalue weighted by Crippen LogP contribution is 2.20. The molecule has 4 rings (SSSR count). The molecule has 2 heterocycles. The second-order valence-corrected chi connectivity index (χ2v) is 9.43. The number of para-hydroxylation sites is 1. The molecule has 0 saturated carbocycles. The monoisotopic (exact) mass is 558 g/mol. The number of rotatable bonds is 10. The van der Waals surface area contributed by atoms with Gasteiger partial charge in [0.15, 0.2) is 5.13 Å². The second kappa shape index (κ2) is 11.6. The molecule has 0 spiro atoms. The summed E-state index contributed by atoms with van der Waals surface area (Å²) in [5.74, 6) is 6.84. The molecular weight excluding hydrogens is 540 g/mol. The van der Waals surface area contributed by atoms with Crippen LogP contribution in [0.3, 0.4) is 0 Å². The largest absolute Gasteiger partial charge is 0.488 e. The average Bonchev–Trinajstić information content (AvgIpc) is 3.47. The normalized spacial score (nSPS) is 11.0. The van der Waals surface area contributed by atoms with Crippen molar-refractivity contribution < 1.29 is 9.53 Å². The van der Waals surface area contributed by atoms with E-state index in [0.29, 0.717) is 22.6 Å². The molecule has 0 aliphatic rings. The van der Waals surface area contributed by atoms with Gasteiger partial charge in [-0.15, -0.1) is 21.5 Å². The summed E-state index contributed by atoms with van der Waals surface area (Å²) in [6.45, 7) is 0.422. The Balaban J connectivity index is 1.32. The lowest BCUT2D eigenvalue weighted by Crippen LogP contribution is -2.16. The molecular formula is C21H19BrN8O2S2. The summed E-state index contributed by atoms with van der Waals surface area (Å²) in [6.07, 6.45) is 3.23. The molecule has 0 atom stereocenters. The van der Waals surface area contributed by atoms with Crippen molar-refractivity contribution in [3.05, 3.63) is 75.7 Å². The van der Waals surface area contributed by atoms with E-state index < -0.39 is 0 Å². The van der Waals surface area contributed by atoms with E-state index in [2.05, 4.69) is 47.0 Å². The number of carbonyl (C=O) groups is 1. The van der Waals surface area contributed by atoms with Crippen LogP contribution in [0.5, 0.6) is 5.75 Å². The average molecular weight is 559 g/mol. The zero-order valence-corrected chi connectivity index (χ0v) is 20.8. The van der Waals surface area contributed by atoms with Crippen molar-refractivity contribution in [3.8, 4) is 5.75 Å². The highest BCUT2D eigenvalue weighted by Gasteiger charge is 2.12. The quantitative estimate of drug-likeness (QED) is 0.115. The van der Waals surface area contributed by atoms with Crippen molar-refractivity contribution in [2.75, 3.05) is 22.3 Å². The first kappa shape index (κ1) is 23.7. The number of halogens is 1. The van der Waals surface area contributed by atoms with Crippen molar-refractivity contribution in [1.82, 2.24) is 19.9 Å². The van der Waals surface area contributed by atoms with Crippen LogP contribution in [0.15, 0.2) is 74.8 Å². The number of aromatic nitrogens is 4. The number of thiazole rings is 1. The Bertz CT molecular complexity index is 1280. The lowest BCUT2D eigenvalue weighted by molar-refractivity contribution is -0.113. The molecule has 0 aliphatic heterocycles. The molecule has 4 N–H and O–H groups in total. The number of nitrogens with two attached hydrogens (primary N) is 1. The number of thioether (sulfide) groups is 1. The van der Waals surface area contributed by atoms with Crippen LogP contribution in [-0.2, 0) is 11.4 Å². The first-order valence-electron chi connectivity index (χ1n) is 9.86. The third-order valence-corrected chi connectivity index (χ3v) is 6.37. The van der Waals surface area contributed by atoms with E-state index in [1.165, 1.54) is 16.0 Å². The topological polar surface area (TPSA) is 132 Å². The number of hydrogen-bond acceptors (Lipinski definition) is 10. The van der Waals surface area contributed by atoms with Gasteiger partial charge in [-0.1, -0.05) is 52.0 Å². The Kier molecular flexibility index (Phi) is 8.12. The Morgan fingerprint density at radius 3 is 2.97 bits per heavy atom. The minimum absolute atomic E-state index is 0.112. The standard InChI is InChI=1S/C21H19BrN8O2S2/c22-16-6-3-4-14(10-16)12-32-17-7-2-1-5-15(17)11-25-27-19-28-29-21(30(19)23)34-13-18(31)26-20-24-8-9-33-20/h1-11H,12-13,23H2,(H,27,28)(H,24,26,31)/b25-11+. The number of hydrazone groups is 1. The van der Waals surface area contributed by atoms with Crippen molar-refractivity contribution in [2.24, 2.45) is 5.10 Å². The van der Waals surface area contributed by atoms with E-state index in [0.717, 1.165) is 27.4 Å². The SMILES string of the molecule is Nn1c(N/N=C/c2ccccc2OCc2cccc(Br)c2)nnc1SCC(=O)Nc1nccs1. The van der Waals surface area contributed by atoms with Crippen molar-refractivity contribution >= 4 is 62.2 Å². The Labute approximate surface area is 211 Å². The molecule has 0 radical (unpaired) electrons. The van der Waals surface area contributed by atoms with E-state index in [9.17, 15) is 4.79 Å². The molecule has 1 amide bonds. The molecule has 2 aromatic heterocycles. The number of nitrogens with zero attached hydrogens (tertiary/aromatic N) is 5. The van der Waals surface area contributed by atoms with Crippen LogP contribution >= 0.6 is 39.0 Å². The van der Waals surface area contributed by atoms with E-state index in [-0.39, 0.29) is 17.6 Å². The number of amides is 1. The van der Waals surface area contributed by atoms with Crippen LogP contribution in [-0.4, -0.2) is 37.7 Å². The molecule has 4 aromatic rings. The van der Waals surface area contributed by atoms with Crippen LogP contribution in [0.4, 0.5) is 11.1 Å². The lowest BCUT2D eigenvalue weighted by Gasteiger charge is -2.09. The van der Waals surface area contributed by atoms with Crippen molar-refractivity contribution in [3.63, 3.8) is 0 Å². The first-order valence-corrected chi connectivity index (χ1v) is 12.5. The summed E-state index contributed by atoms with van der Waals surface area (Å²) in [6, 6.07) is 15.5.